The van der Waals surface area contributed by atoms with Gasteiger partial charge in [0.15, 0.2) is 0 Å². The smallest absolute Gasteiger partial charge is 0.141 e. The van der Waals surface area contributed by atoms with Crippen LogP contribution in [0.3, 0.4) is 0 Å². The molecular weight excluding hydrogens is 234 g/mol. The van der Waals surface area contributed by atoms with E-state index in [4.69, 9.17) is 10.7 Å². The Labute approximate surface area is 112 Å². The molecule has 2 aromatic carbocycles. The number of fused-ring (bicyclic) bond motifs is 1. The average molecular weight is 251 g/mol. The van der Waals surface area contributed by atoms with Crippen LogP contribution in [0.15, 0.2) is 36.4 Å². The molecule has 3 rings (SSSR count). The summed E-state index contributed by atoms with van der Waals surface area (Å²) in [4.78, 5) is 4.76. The van der Waals surface area contributed by atoms with Gasteiger partial charge in [-0.2, -0.15) is 0 Å². The molecule has 0 aliphatic rings. The molecule has 3 nitrogen and oxygen atoms in total. The number of hydrogen-bond acceptors (Lipinski definition) is 2. The summed E-state index contributed by atoms with van der Waals surface area (Å²) in [7, 11) is 2.05. The Kier molecular flexibility index (Phi) is 2.56. The van der Waals surface area contributed by atoms with Crippen molar-refractivity contribution in [1.29, 1.82) is 0 Å². The first-order valence-electron chi connectivity index (χ1n) is 6.36. The highest BCUT2D eigenvalue weighted by Gasteiger charge is 2.11. The van der Waals surface area contributed by atoms with Crippen LogP contribution in [-0.2, 0) is 7.05 Å². The van der Waals surface area contributed by atoms with Gasteiger partial charge in [0, 0.05) is 18.3 Å². The van der Waals surface area contributed by atoms with Crippen LogP contribution in [0.25, 0.3) is 22.4 Å². The molecule has 0 spiro atoms. The fourth-order valence-corrected chi connectivity index (χ4v) is 2.49. The zero-order valence-electron chi connectivity index (χ0n) is 11.4. The molecule has 1 aromatic heterocycles. The molecule has 0 saturated heterocycles. The summed E-state index contributed by atoms with van der Waals surface area (Å²) in [5.74, 6) is 0.984. The van der Waals surface area contributed by atoms with Crippen LogP contribution in [0, 0.1) is 13.8 Å². The minimum absolute atomic E-state index is 0.788. The van der Waals surface area contributed by atoms with Gasteiger partial charge in [-0.25, -0.2) is 4.98 Å². The molecule has 3 aromatic rings. The molecule has 3 heteroatoms. The largest absolute Gasteiger partial charge is 0.399 e. The summed E-state index contributed by atoms with van der Waals surface area (Å²) in [5, 5.41) is 0. The Bertz CT molecular complexity index is 769. The predicted octanol–water partition coefficient (Wildman–Crippen LogP) is 3.44. The van der Waals surface area contributed by atoms with Crippen molar-refractivity contribution < 1.29 is 0 Å². The van der Waals surface area contributed by atoms with Gasteiger partial charge in [-0.15, -0.1) is 0 Å². The third-order valence-corrected chi connectivity index (χ3v) is 3.53. The fourth-order valence-electron chi connectivity index (χ4n) is 2.49. The van der Waals surface area contributed by atoms with E-state index >= 15 is 0 Å². The number of nitrogens with two attached hydrogens (primary N) is 1. The lowest BCUT2D eigenvalue weighted by Gasteiger charge is -2.07. The van der Waals surface area contributed by atoms with Crippen LogP contribution in [-0.4, -0.2) is 9.55 Å². The van der Waals surface area contributed by atoms with Crippen molar-refractivity contribution in [2.45, 2.75) is 13.8 Å². The minimum atomic E-state index is 0.788. The van der Waals surface area contributed by atoms with Crippen LogP contribution in [0.2, 0.25) is 0 Å². The van der Waals surface area contributed by atoms with Gasteiger partial charge in [0.25, 0.3) is 0 Å². The molecule has 0 aliphatic heterocycles. The van der Waals surface area contributed by atoms with Gasteiger partial charge in [-0.05, 0) is 55.3 Å². The summed E-state index contributed by atoms with van der Waals surface area (Å²) >= 11 is 0. The summed E-state index contributed by atoms with van der Waals surface area (Å²) in [5.41, 5.74) is 12.3. The lowest BCUT2D eigenvalue weighted by atomic mass is 10.1. The predicted molar refractivity (Wildman–Crippen MR) is 80.0 cm³/mol. The molecule has 0 aliphatic carbocycles. The molecule has 0 amide bonds. The van der Waals surface area contributed by atoms with E-state index in [0.717, 1.165) is 33.7 Å². The lowest BCUT2D eigenvalue weighted by molar-refractivity contribution is 0.957. The maximum atomic E-state index is 5.81. The van der Waals surface area contributed by atoms with Crippen molar-refractivity contribution in [3.8, 4) is 11.4 Å². The van der Waals surface area contributed by atoms with E-state index in [0.29, 0.717) is 0 Å². The molecule has 19 heavy (non-hydrogen) atoms. The molecular formula is C16H17N3. The Morgan fingerprint density at radius 2 is 1.84 bits per heavy atom. The SMILES string of the molecule is Cc1ccc2c(c1)nc(-c1ccc(N)cc1C)n2C. The summed E-state index contributed by atoms with van der Waals surface area (Å²) in [6.07, 6.45) is 0. The first kappa shape index (κ1) is 11.8. The van der Waals surface area contributed by atoms with Crippen LogP contribution in [0.5, 0.6) is 0 Å². The highest BCUT2D eigenvalue weighted by molar-refractivity contribution is 5.82. The summed E-state index contributed by atoms with van der Waals surface area (Å²) in [6, 6.07) is 12.3. The van der Waals surface area contributed by atoms with Crippen LogP contribution >= 0.6 is 0 Å². The number of anilines is 1. The lowest BCUT2D eigenvalue weighted by Crippen LogP contribution is -1.95. The van der Waals surface area contributed by atoms with Crippen LogP contribution < -0.4 is 5.73 Å². The molecule has 96 valence electrons. The highest BCUT2D eigenvalue weighted by Crippen LogP contribution is 2.27. The second kappa shape index (κ2) is 4.12. The van der Waals surface area contributed by atoms with Gasteiger partial charge >= 0.3 is 0 Å². The van der Waals surface area contributed by atoms with Crippen molar-refractivity contribution >= 4 is 16.7 Å². The minimum Gasteiger partial charge on any atom is -0.399 e. The quantitative estimate of drug-likeness (QED) is 0.673. The molecule has 0 fully saturated rings. The Morgan fingerprint density at radius 1 is 1.05 bits per heavy atom. The zero-order valence-corrected chi connectivity index (χ0v) is 11.4. The summed E-state index contributed by atoms with van der Waals surface area (Å²) in [6.45, 7) is 4.15. The van der Waals surface area contributed by atoms with E-state index in [2.05, 4.69) is 43.7 Å². The van der Waals surface area contributed by atoms with Crippen molar-refractivity contribution in [2.75, 3.05) is 5.73 Å². The molecule has 0 radical (unpaired) electrons. The molecule has 0 unspecified atom stereocenters. The van der Waals surface area contributed by atoms with Crippen molar-refractivity contribution in [2.24, 2.45) is 7.05 Å². The van der Waals surface area contributed by atoms with E-state index in [9.17, 15) is 0 Å². The van der Waals surface area contributed by atoms with E-state index < -0.39 is 0 Å². The standard InChI is InChI=1S/C16H17N3/c1-10-4-7-15-14(8-10)18-16(19(15)3)13-6-5-12(17)9-11(13)2/h4-9H,17H2,1-3H3. The third kappa shape index (κ3) is 1.87. The number of nitrogens with zero attached hydrogens (tertiary/aromatic N) is 2. The Morgan fingerprint density at radius 3 is 2.58 bits per heavy atom. The van der Waals surface area contributed by atoms with Crippen molar-refractivity contribution in [3.05, 3.63) is 47.5 Å². The first-order chi connectivity index (χ1) is 9.06. The molecule has 0 atom stereocenters. The average Bonchev–Trinajstić information content (AvgIpc) is 2.66. The van der Waals surface area contributed by atoms with Gasteiger partial charge in [-0.1, -0.05) is 6.07 Å². The van der Waals surface area contributed by atoms with Crippen molar-refractivity contribution in [3.63, 3.8) is 0 Å². The number of aryl methyl sites for hydroxylation is 3. The van der Waals surface area contributed by atoms with Crippen LogP contribution in [0.1, 0.15) is 11.1 Å². The topological polar surface area (TPSA) is 43.8 Å². The van der Waals surface area contributed by atoms with Gasteiger partial charge in [0.05, 0.1) is 11.0 Å². The molecule has 0 saturated carbocycles. The number of imidazole rings is 1. The van der Waals surface area contributed by atoms with E-state index in [-0.39, 0.29) is 0 Å². The third-order valence-electron chi connectivity index (χ3n) is 3.53. The fraction of sp³-hybridized carbons (Fsp3) is 0.188. The Balaban J connectivity index is 2.27. The normalized spacial score (nSPS) is 11.1. The number of benzene rings is 2. The second-order valence-electron chi connectivity index (χ2n) is 5.06. The second-order valence-corrected chi connectivity index (χ2v) is 5.06. The maximum absolute atomic E-state index is 5.81. The van der Waals surface area contributed by atoms with Crippen LogP contribution in [0.4, 0.5) is 5.69 Å². The zero-order chi connectivity index (χ0) is 13.6. The summed E-state index contributed by atoms with van der Waals surface area (Å²) < 4.78 is 2.13. The number of hydrogen-bond donors (Lipinski definition) is 1. The molecule has 1 heterocycles. The highest BCUT2D eigenvalue weighted by atomic mass is 15.1. The first-order valence-corrected chi connectivity index (χ1v) is 6.36. The number of nitrogen functional groups attached to an aromatic ring is 1. The molecule has 2 N–H and O–H groups in total. The number of rotatable bonds is 1. The van der Waals surface area contributed by atoms with E-state index in [1.54, 1.807) is 0 Å². The maximum Gasteiger partial charge on any atom is 0.141 e. The Hall–Kier alpha value is -2.29. The van der Waals surface area contributed by atoms with E-state index in [1.807, 2.05) is 18.2 Å². The monoisotopic (exact) mass is 251 g/mol. The van der Waals surface area contributed by atoms with Gasteiger partial charge in [0.1, 0.15) is 5.82 Å². The van der Waals surface area contributed by atoms with Crippen molar-refractivity contribution in [1.82, 2.24) is 9.55 Å². The van der Waals surface area contributed by atoms with Gasteiger partial charge in [-0.3, -0.25) is 0 Å². The molecule has 0 bridgehead atoms. The van der Waals surface area contributed by atoms with Gasteiger partial charge < -0.3 is 10.3 Å². The number of aromatic nitrogens is 2. The van der Waals surface area contributed by atoms with Gasteiger partial charge in [0.2, 0.25) is 0 Å². The van der Waals surface area contributed by atoms with E-state index in [1.165, 1.54) is 5.56 Å².